The number of nitrogens with zero attached hydrogens (tertiary/aromatic N) is 2. The number of esters is 1. The molecule has 0 aliphatic carbocycles. The maximum Gasteiger partial charge on any atom is 0.419 e. The lowest BCUT2D eigenvalue weighted by atomic mass is 9.75. The molecule has 9 nitrogen and oxygen atoms in total. The number of imide groups is 1. The summed E-state index contributed by atoms with van der Waals surface area (Å²) >= 11 is 0. The first-order chi connectivity index (χ1) is 24.9. The summed E-state index contributed by atoms with van der Waals surface area (Å²) in [5, 5.41) is 0.719. The highest BCUT2D eigenvalue weighted by molar-refractivity contribution is 5.98. The fourth-order valence-corrected chi connectivity index (χ4v) is 7.12. The average Bonchev–Trinajstić information content (AvgIpc) is 3.66. The standard InChI is InChI=1S/C43H44N2O7/c1-29(2)38-43(33-19-11-7-12-20-33,34-21-13-8-14-22-34)52-41(49)45(38)39(47)31(26-37(46)50-28-30-17-9-6-10-18-30)25-32-27-44(40(48)51-42(3,4)5)36-24-16-15-23-35(32)36/h6-24,27,29,31,38H,25-26,28H2,1-5H3/t31-,38+/m1/s1. The number of cyclic esters (lactones) is 1. The molecule has 0 radical (unpaired) electrons. The lowest BCUT2D eigenvalue weighted by Gasteiger charge is -2.38. The molecule has 0 unspecified atom stereocenters. The Labute approximate surface area is 304 Å². The maximum absolute atomic E-state index is 15.0. The Morgan fingerprint density at radius 2 is 1.37 bits per heavy atom. The van der Waals surface area contributed by atoms with Gasteiger partial charge in [-0.15, -0.1) is 0 Å². The van der Waals surface area contributed by atoms with Crippen LogP contribution in [-0.4, -0.2) is 45.2 Å². The molecule has 2 atom stereocenters. The summed E-state index contributed by atoms with van der Waals surface area (Å²) < 4.78 is 19.2. The van der Waals surface area contributed by atoms with Crippen LogP contribution in [0.5, 0.6) is 0 Å². The van der Waals surface area contributed by atoms with E-state index in [0.29, 0.717) is 11.1 Å². The fraction of sp³-hybridized carbons (Fsp3) is 0.302. The third-order valence-corrected chi connectivity index (χ3v) is 9.27. The van der Waals surface area contributed by atoms with E-state index >= 15 is 4.79 Å². The highest BCUT2D eigenvalue weighted by Crippen LogP contribution is 2.48. The molecule has 268 valence electrons. The van der Waals surface area contributed by atoms with Crippen molar-refractivity contribution in [1.82, 2.24) is 9.47 Å². The lowest BCUT2D eigenvalue weighted by molar-refractivity contribution is -0.149. The fourth-order valence-electron chi connectivity index (χ4n) is 7.12. The van der Waals surface area contributed by atoms with Gasteiger partial charge in [0.05, 0.1) is 23.9 Å². The van der Waals surface area contributed by atoms with Crippen LogP contribution in [0.3, 0.4) is 0 Å². The minimum atomic E-state index is -1.31. The van der Waals surface area contributed by atoms with Gasteiger partial charge in [-0.05, 0) is 50.3 Å². The van der Waals surface area contributed by atoms with Crippen molar-refractivity contribution in [3.63, 3.8) is 0 Å². The highest BCUT2D eigenvalue weighted by Gasteiger charge is 2.60. The molecule has 2 heterocycles. The van der Waals surface area contributed by atoms with Crippen molar-refractivity contribution in [2.75, 3.05) is 0 Å². The highest BCUT2D eigenvalue weighted by atomic mass is 16.6. The number of hydrogen-bond donors (Lipinski definition) is 0. The number of para-hydroxylation sites is 1. The molecule has 1 aliphatic rings. The van der Waals surface area contributed by atoms with Crippen LogP contribution in [0.15, 0.2) is 121 Å². The van der Waals surface area contributed by atoms with Crippen LogP contribution < -0.4 is 0 Å². The van der Waals surface area contributed by atoms with E-state index in [4.69, 9.17) is 14.2 Å². The van der Waals surface area contributed by atoms with Crippen molar-refractivity contribution >= 4 is 35.0 Å². The number of rotatable bonds is 10. The molecule has 4 aromatic carbocycles. The first-order valence-corrected chi connectivity index (χ1v) is 17.6. The topological polar surface area (TPSA) is 104 Å². The van der Waals surface area contributed by atoms with Crippen molar-refractivity contribution in [2.24, 2.45) is 11.8 Å². The molecule has 9 heteroatoms. The van der Waals surface area contributed by atoms with E-state index in [1.54, 1.807) is 33.0 Å². The maximum atomic E-state index is 15.0. The predicted molar refractivity (Wildman–Crippen MR) is 197 cm³/mol. The summed E-state index contributed by atoms with van der Waals surface area (Å²) in [4.78, 5) is 57.3. The molecule has 0 saturated carbocycles. The summed E-state index contributed by atoms with van der Waals surface area (Å²) in [5.41, 5.74) is 1.44. The van der Waals surface area contributed by atoms with Gasteiger partial charge in [0.15, 0.2) is 5.60 Å². The molecular weight excluding hydrogens is 656 g/mol. The Morgan fingerprint density at radius 3 is 1.94 bits per heavy atom. The smallest absolute Gasteiger partial charge is 0.419 e. The van der Waals surface area contributed by atoms with Gasteiger partial charge in [-0.3, -0.25) is 14.2 Å². The number of amides is 2. The predicted octanol–water partition coefficient (Wildman–Crippen LogP) is 8.66. The Bertz CT molecular complexity index is 2010. The van der Waals surface area contributed by atoms with Crippen LogP contribution in [0.1, 0.15) is 63.3 Å². The minimum absolute atomic E-state index is 0.0318. The van der Waals surface area contributed by atoms with Crippen molar-refractivity contribution < 1.29 is 33.4 Å². The van der Waals surface area contributed by atoms with Gasteiger partial charge in [-0.25, -0.2) is 14.5 Å². The first kappa shape index (κ1) is 36.1. The van der Waals surface area contributed by atoms with E-state index < -0.39 is 47.2 Å². The second-order valence-corrected chi connectivity index (χ2v) is 14.5. The molecule has 2 amide bonds. The van der Waals surface area contributed by atoms with Crippen LogP contribution in [0.2, 0.25) is 0 Å². The second kappa shape index (κ2) is 14.9. The van der Waals surface area contributed by atoms with Crippen LogP contribution in [-0.2, 0) is 42.4 Å². The molecule has 5 aromatic rings. The minimum Gasteiger partial charge on any atom is -0.461 e. The van der Waals surface area contributed by atoms with Gasteiger partial charge in [-0.1, -0.05) is 123 Å². The van der Waals surface area contributed by atoms with Gasteiger partial charge in [0.25, 0.3) is 0 Å². The largest absolute Gasteiger partial charge is 0.461 e. The molecule has 6 rings (SSSR count). The quantitative estimate of drug-likeness (QED) is 0.106. The number of hydrogen-bond acceptors (Lipinski definition) is 7. The van der Waals surface area contributed by atoms with E-state index in [1.165, 1.54) is 9.47 Å². The third kappa shape index (κ3) is 7.35. The second-order valence-electron chi connectivity index (χ2n) is 14.5. The Balaban J connectivity index is 1.41. The van der Waals surface area contributed by atoms with Gasteiger partial charge >= 0.3 is 18.2 Å². The number of fused-ring (bicyclic) bond motifs is 1. The number of benzene rings is 4. The van der Waals surface area contributed by atoms with Gasteiger partial charge in [0, 0.05) is 22.7 Å². The summed E-state index contributed by atoms with van der Waals surface area (Å²) in [7, 11) is 0. The lowest BCUT2D eigenvalue weighted by Crippen LogP contribution is -2.51. The van der Waals surface area contributed by atoms with E-state index in [-0.39, 0.29) is 25.4 Å². The van der Waals surface area contributed by atoms with E-state index in [1.807, 2.05) is 123 Å². The molecule has 52 heavy (non-hydrogen) atoms. The molecule has 1 aliphatic heterocycles. The Hall–Kier alpha value is -5.70. The van der Waals surface area contributed by atoms with Crippen LogP contribution in [0.4, 0.5) is 9.59 Å². The summed E-state index contributed by atoms with van der Waals surface area (Å²) in [6.45, 7) is 9.30. The van der Waals surface area contributed by atoms with Crippen molar-refractivity contribution in [2.45, 2.75) is 71.3 Å². The van der Waals surface area contributed by atoms with E-state index in [0.717, 1.165) is 22.1 Å². The summed E-state index contributed by atoms with van der Waals surface area (Å²) in [5.74, 6) is -2.46. The van der Waals surface area contributed by atoms with Crippen LogP contribution in [0.25, 0.3) is 10.9 Å². The van der Waals surface area contributed by atoms with Crippen molar-refractivity contribution in [3.05, 3.63) is 144 Å². The Kier molecular flexibility index (Phi) is 10.3. The Morgan fingerprint density at radius 1 is 0.808 bits per heavy atom. The van der Waals surface area contributed by atoms with Gasteiger partial charge in [0.2, 0.25) is 5.91 Å². The zero-order valence-corrected chi connectivity index (χ0v) is 30.2. The van der Waals surface area contributed by atoms with Gasteiger partial charge in [-0.2, -0.15) is 0 Å². The van der Waals surface area contributed by atoms with Crippen molar-refractivity contribution in [1.29, 1.82) is 0 Å². The zero-order valence-electron chi connectivity index (χ0n) is 30.2. The number of aromatic nitrogens is 1. The SMILES string of the molecule is CC(C)[C@@H]1N(C(=O)[C@@H](CC(=O)OCc2ccccc2)Cc2cn(C(=O)OC(C)(C)C)c3ccccc23)C(=O)OC1(c1ccccc1)c1ccccc1. The number of ether oxygens (including phenoxy) is 3. The monoisotopic (exact) mass is 700 g/mol. The molecule has 1 fully saturated rings. The molecule has 0 spiro atoms. The van der Waals surface area contributed by atoms with Crippen LogP contribution in [0, 0.1) is 11.8 Å². The van der Waals surface area contributed by atoms with Crippen molar-refractivity contribution in [3.8, 4) is 0 Å². The van der Waals surface area contributed by atoms with E-state index in [9.17, 15) is 14.4 Å². The third-order valence-electron chi connectivity index (χ3n) is 9.27. The zero-order chi connectivity index (χ0) is 37.0. The first-order valence-electron chi connectivity index (χ1n) is 17.6. The molecule has 1 aromatic heterocycles. The summed E-state index contributed by atoms with van der Waals surface area (Å²) in [6.07, 6.45) is 0.00671. The molecule has 0 bridgehead atoms. The summed E-state index contributed by atoms with van der Waals surface area (Å²) in [6, 6.07) is 34.7. The molecule has 1 saturated heterocycles. The normalized spacial score (nSPS) is 16.1. The molecular formula is C43H44N2O7. The van der Waals surface area contributed by atoms with Gasteiger partial charge in [0.1, 0.15) is 12.2 Å². The average molecular weight is 701 g/mol. The molecule has 0 N–H and O–H groups in total. The van der Waals surface area contributed by atoms with E-state index in [2.05, 4.69) is 0 Å². The van der Waals surface area contributed by atoms with Crippen LogP contribution >= 0.6 is 0 Å². The van der Waals surface area contributed by atoms with Gasteiger partial charge < -0.3 is 14.2 Å². The number of carbonyl (C=O) groups is 4. The number of carbonyl (C=O) groups excluding carboxylic acids is 4.